The molecule has 3 nitrogen and oxygen atoms in total. The highest BCUT2D eigenvalue weighted by molar-refractivity contribution is 5.95. The summed E-state index contributed by atoms with van der Waals surface area (Å²) in [5.41, 5.74) is 15.1. The number of ether oxygens (including phenoxy) is 1. The van der Waals surface area contributed by atoms with Gasteiger partial charge in [0.15, 0.2) is 11.5 Å². The number of rotatable bonds is 5. The van der Waals surface area contributed by atoms with Crippen LogP contribution in [0.4, 0.5) is 34.1 Å². The van der Waals surface area contributed by atoms with Gasteiger partial charge < -0.3 is 14.5 Å². The molecule has 0 saturated carbocycles. The van der Waals surface area contributed by atoms with Crippen LogP contribution in [0, 0.1) is 6.92 Å². The van der Waals surface area contributed by atoms with Crippen LogP contribution in [0.2, 0.25) is 0 Å². The summed E-state index contributed by atoms with van der Waals surface area (Å²) in [6.07, 6.45) is 0. The molecule has 0 fully saturated rings. The van der Waals surface area contributed by atoms with Gasteiger partial charge in [0.1, 0.15) is 0 Å². The third kappa shape index (κ3) is 4.73. The van der Waals surface area contributed by atoms with Crippen molar-refractivity contribution in [3.8, 4) is 33.8 Å². The van der Waals surface area contributed by atoms with Gasteiger partial charge in [-0.3, -0.25) is 0 Å². The van der Waals surface area contributed by atoms with Gasteiger partial charge in [-0.05, 0) is 107 Å². The molecule has 49 heavy (non-hydrogen) atoms. The van der Waals surface area contributed by atoms with Gasteiger partial charge in [-0.2, -0.15) is 0 Å². The maximum Gasteiger partial charge on any atom is 0.152 e. The van der Waals surface area contributed by atoms with Crippen LogP contribution in [0.3, 0.4) is 0 Å². The summed E-state index contributed by atoms with van der Waals surface area (Å²) in [5.74, 6) is 1.78. The average molecular weight is 633 g/mol. The van der Waals surface area contributed by atoms with Crippen molar-refractivity contribution < 1.29 is 4.74 Å². The fraction of sp³-hybridized carbons (Fsp3) is 0.0870. The van der Waals surface area contributed by atoms with E-state index in [0.29, 0.717) is 0 Å². The van der Waals surface area contributed by atoms with E-state index in [1.165, 1.54) is 33.5 Å². The minimum Gasteiger partial charge on any atom is -0.453 e. The summed E-state index contributed by atoms with van der Waals surface area (Å²) >= 11 is 0. The van der Waals surface area contributed by atoms with Crippen LogP contribution in [0.25, 0.3) is 22.3 Å². The molecule has 0 aromatic heterocycles. The van der Waals surface area contributed by atoms with E-state index in [4.69, 9.17) is 4.74 Å². The molecule has 2 heterocycles. The van der Waals surface area contributed by atoms with E-state index in [0.717, 1.165) is 51.1 Å². The van der Waals surface area contributed by atoms with Gasteiger partial charge in [0.05, 0.1) is 17.1 Å². The van der Waals surface area contributed by atoms with Gasteiger partial charge in [-0.15, -0.1) is 0 Å². The first-order valence-corrected chi connectivity index (χ1v) is 16.9. The Kier molecular flexibility index (Phi) is 6.70. The Morgan fingerprint density at radius 2 is 1.04 bits per heavy atom. The van der Waals surface area contributed by atoms with Crippen LogP contribution in [0.15, 0.2) is 164 Å². The standard InChI is InChI=1S/C46H36N2O/c1-31-13-12-20-42-44(31)48-41-19-11-10-18-39(41)46(2,3)40-29-35(30-43(49-42)45(40)48)34-23-27-38(28-24-34)47(36-16-8-5-9-17-36)37-25-21-33(22-26-37)32-14-6-4-7-15-32/h4-30H,1-3H3. The molecule has 0 unspecified atom stereocenters. The molecule has 9 rings (SSSR count). The van der Waals surface area contributed by atoms with E-state index in [9.17, 15) is 0 Å². The molecule has 0 bridgehead atoms. The van der Waals surface area contributed by atoms with Crippen LogP contribution in [-0.2, 0) is 5.41 Å². The molecular weight excluding hydrogens is 597 g/mol. The second kappa shape index (κ2) is 11.3. The van der Waals surface area contributed by atoms with Gasteiger partial charge >= 0.3 is 0 Å². The van der Waals surface area contributed by atoms with E-state index >= 15 is 0 Å². The fourth-order valence-corrected chi connectivity index (χ4v) is 7.63. The lowest BCUT2D eigenvalue weighted by Gasteiger charge is -2.45. The fourth-order valence-electron chi connectivity index (χ4n) is 7.63. The highest BCUT2D eigenvalue weighted by Crippen LogP contribution is 2.61. The minimum absolute atomic E-state index is 0.216. The molecule has 0 radical (unpaired) electrons. The third-order valence-corrected chi connectivity index (χ3v) is 10.1. The molecule has 0 atom stereocenters. The lowest BCUT2D eigenvalue weighted by Crippen LogP contribution is -2.32. The lowest BCUT2D eigenvalue weighted by atomic mass is 9.72. The molecule has 0 amide bonds. The van der Waals surface area contributed by atoms with Crippen LogP contribution in [0.5, 0.6) is 11.5 Å². The largest absolute Gasteiger partial charge is 0.453 e. The molecule has 3 heteroatoms. The van der Waals surface area contributed by atoms with Crippen molar-refractivity contribution in [2.45, 2.75) is 26.2 Å². The van der Waals surface area contributed by atoms with E-state index in [2.05, 4.69) is 194 Å². The SMILES string of the molecule is Cc1cccc2c1N1c3ccccc3C(C)(C)c3cc(-c4ccc(N(c5ccccc5)c5ccc(-c6ccccc6)cc5)cc4)cc(c31)O2. The summed E-state index contributed by atoms with van der Waals surface area (Å²) in [6.45, 7) is 6.83. The van der Waals surface area contributed by atoms with Crippen molar-refractivity contribution >= 4 is 34.1 Å². The first-order chi connectivity index (χ1) is 24.0. The Hall–Kier alpha value is -6.06. The molecule has 2 aliphatic rings. The number of hydrogen-bond acceptors (Lipinski definition) is 3. The van der Waals surface area contributed by atoms with Crippen molar-refractivity contribution in [2.75, 3.05) is 9.80 Å². The zero-order valence-corrected chi connectivity index (χ0v) is 27.9. The average Bonchev–Trinajstić information content (AvgIpc) is 3.15. The Balaban J connectivity index is 1.14. The quantitative estimate of drug-likeness (QED) is 0.188. The van der Waals surface area contributed by atoms with E-state index in [1.807, 2.05) is 0 Å². The maximum absolute atomic E-state index is 6.74. The second-order valence-corrected chi connectivity index (χ2v) is 13.5. The highest BCUT2D eigenvalue weighted by atomic mass is 16.5. The van der Waals surface area contributed by atoms with Crippen molar-refractivity contribution in [1.82, 2.24) is 0 Å². The zero-order chi connectivity index (χ0) is 33.1. The first-order valence-electron chi connectivity index (χ1n) is 16.9. The molecule has 0 saturated heterocycles. The Morgan fingerprint density at radius 1 is 0.469 bits per heavy atom. The molecule has 7 aromatic carbocycles. The van der Waals surface area contributed by atoms with E-state index in [-0.39, 0.29) is 5.41 Å². The van der Waals surface area contributed by atoms with E-state index in [1.54, 1.807) is 0 Å². The summed E-state index contributed by atoms with van der Waals surface area (Å²) in [4.78, 5) is 4.74. The summed E-state index contributed by atoms with van der Waals surface area (Å²) in [7, 11) is 0. The molecule has 0 spiro atoms. The highest BCUT2D eigenvalue weighted by Gasteiger charge is 2.42. The summed E-state index contributed by atoms with van der Waals surface area (Å²) in [5, 5.41) is 0. The van der Waals surface area contributed by atoms with E-state index < -0.39 is 0 Å². The van der Waals surface area contributed by atoms with Crippen LogP contribution in [0.1, 0.15) is 30.5 Å². The first kappa shape index (κ1) is 29.1. The smallest absolute Gasteiger partial charge is 0.152 e. The molecule has 0 N–H and O–H groups in total. The summed E-state index contributed by atoms with van der Waals surface area (Å²) in [6, 6.07) is 58.6. The number of anilines is 6. The monoisotopic (exact) mass is 632 g/mol. The van der Waals surface area contributed by atoms with Gasteiger partial charge in [-0.1, -0.05) is 117 Å². The predicted octanol–water partition coefficient (Wildman–Crippen LogP) is 13.0. The number of aryl methyl sites for hydroxylation is 1. The van der Waals surface area contributed by atoms with Gasteiger partial charge in [0.2, 0.25) is 0 Å². The van der Waals surface area contributed by atoms with Gasteiger partial charge in [0.25, 0.3) is 0 Å². The van der Waals surface area contributed by atoms with Crippen molar-refractivity contribution in [1.29, 1.82) is 0 Å². The second-order valence-electron chi connectivity index (χ2n) is 13.5. The van der Waals surface area contributed by atoms with Crippen LogP contribution >= 0.6 is 0 Å². The normalized spacial score (nSPS) is 13.5. The van der Waals surface area contributed by atoms with Gasteiger partial charge in [-0.25, -0.2) is 0 Å². The topological polar surface area (TPSA) is 15.7 Å². The zero-order valence-electron chi connectivity index (χ0n) is 27.9. The van der Waals surface area contributed by atoms with Gasteiger partial charge in [0, 0.05) is 22.5 Å². The predicted molar refractivity (Wildman–Crippen MR) is 204 cm³/mol. The number of para-hydroxylation sites is 3. The summed E-state index contributed by atoms with van der Waals surface area (Å²) < 4.78 is 6.74. The van der Waals surface area contributed by atoms with Crippen molar-refractivity contribution in [3.05, 3.63) is 180 Å². The Labute approximate surface area is 288 Å². The molecule has 7 aromatic rings. The Bertz CT molecular complexity index is 2330. The number of hydrogen-bond donors (Lipinski definition) is 0. The molecule has 2 aliphatic heterocycles. The lowest BCUT2D eigenvalue weighted by molar-refractivity contribution is 0.471. The Morgan fingerprint density at radius 3 is 1.73 bits per heavy atom. The van der Waals surface area contributed by atoms with Crippen LogP contribution < -0.4 is 14.5 Å². The molecule has 236 valence electrons. The third-order valence-electron chi connectivity index (χ3n) is 10.1. The molecular formula is C46H36N2O. The number of benzene rings is 7. The van der Waals surface area contributed by atoms with Crippen LogP contribution in [-0.4, -0.2) is 0 Å². The molecule has 0 aliphatic carbocycles. The van der Waals surface area contributed by atoms with Crippen molar-refractivity contribution in [2.24, 2.45) is 0 Å². The van der Waals surface area contributed by atoms with Crippen molar-refractivity contribution in [3.63, 3.8) is 0 Å². The minimum atomic E-state index is -0.216. The number of nitrogens with zero attached hydrogens (tertiary/aromatic N) is 2. The number of fused-ring (bicyclic) bond motifs is 4. The maximum atomic E-state index is 6.74.